The summed E-state index contributed by atoms with van der Waals surface area (Å²) in [5, 5.41) is 24.1. The van der Waals surface area contributed by atoms with E-state index in [1.807, 2.05) is 0 Å². The minimum Gasteiger partial charge on any atom is -0.390 e. The first kappa shape index (κ1) is 14.5. The molecule has 0 aliphatic carbocycles. The average Bonchev–Trinajstić information content (AvgIpc) is 2.47. The van der Waals surface area contributed by atoms with Crippen LogP contribution in [0.25, 0.3) is 21.3 Å². The van der Waals surface area contributed by atoms with Crippen molar-refractivity contribution >= 4 is 22.5 Å². The van der Waals surface area contributed by atoms with Crippen molar-refractivity contribution in [2.75, 3.05) is 6.54 Å². The molecular formula is C12H12ClN5O2. The summed E-state index contributed by atoms with van der Waals surface area (Å²) in [5.74, 6) is 0. The molecule has 2 rings (SSSR count). The number of nitrogens with zero attached hydrogens (tertiary/aromatic N) is 5. The maximum Gasteiger partial charge on any atom is 0.140 e. The first-order valence-electron chi connectivity index (χ1n) is 5.90. The van der Waals surface area contributed by atoms with Gasteiger partial charge in [-0.3, -0.25) is 0 Å². The number of aliphatic hydroxyl groups is 2. The molecule has 2 atom stereocenters. The fourth-order valence-electron chi connectivity index (χ4n) is 1.84. The van der Waals surface area contributed by atoms with Gasteiger partial charge in [0.15, 0.2) is 0 Å². The number of aliphatic hydroxyl groups excluding tert-OH is 2. The zero-order valence-corrected chi connectivity index (χ0v) is 11.1. The summed E-state index contributed by atoms with van der Waals surface area (Å²) in [6.45, 7) is 0.117. The highest BCUT2D eigenvalue weighted by atomic mass is 35.5. The second-order valence-corrected chi connectivity index (χ2v) is 4.55. The van der Waals surface area contributed by atoms with Gasteiger partial charge in [-0.05, 0) is 29.6 Å². The quantitative estimate of drug-likeness (QED) is 0.381. The van der Waals surface area contributed by atoms with Crippen LogP contribution in [0.5, 0.6) is 0 Å². The standard InChI is InChI=1S/C12H12ClN5O2/c13-12-8-5-7(1-2-9(8)15-6-16-12)11(20)10(19)3-4-17-18-14/h1-2,5-6,10-11,19-20H,3-4H2. The number of azide groups is 1. The molecule has 2 N–H and O–H groups in total. The van der Waals surface area contributed by atoms with E-state index in [1.54, 1.807) is 18.2 Å². The Kier molecular flexibility index (Phi) is 4.70. The summed E-state index contributed by atoms with van der Waals surface area (Å²) >= 11 is 5.97. The Balaban J connectivity index is 2.23. The van der Waals surface area contributed by atoms with E-state index in [-0.39, 0.29) is 18.1 Å². The van der Waals surface area contributed by atoms with Crippen molar-refractivity contribution in [1.82, 2.24) is 9.97 Å². The van der Waals surface area contributed by atoms with Crippen LogP contribution in [0, 0.1) is 0 Å². The van der Waals surface area contributed by atoms with Crippen LogP contribution in [0.4, 0.5) is 0 Å². The van der Waals surface area contributed by atoms with Gasteiger partial charge in [0.1, 0.15) is 17.6 Å². The summed E-state index contributed by atoms with van der Waals surface area (Å²) in [6.07, 6.45) is -0.594. The van der Waals surface area contributed by atoms with Gasteiger partial charge >= 0.3 is 0 Å². The second kappa shape index (κ2) is 6.49. The van der Waals surface area contributed by atoms with E-state index >= 15 is 0 Å². The highest BCUT2D eigenvalue weighted by molar-refractivity contribution is 6.34. The van der Waals surface area contributed by atoms with Gasteiger partial charge in [0.05, 0.1) is 11.6 Å². The molecule has 0 amide bonds. The average molecular weight is 294 g/mol. The van der Waals surface area contributed by atoms with Gasteiger partial charge in [-0.15, -0.1) is 0 Å². The van der Waals surface area contributed by atoms with Crippen LogP contribution in [-0.2, 0) is 0 Å². The Labute approximate surface area is 119 Å². The molecule has 0 aliphatic heterocycles. The third-order valence-corrected chi connectivity index (χ3v) is 3.21. The predicted molar refractivity (Wildman–Crippen MR) is 74.1 cm³/mol. The molecule has 0 spiro atoms. The van der Waals surface area contributed by atoms with E-state index in [2.05, 4.69) is 20.0 Å². The number of rotatable bonds is 5. The Bertz CT molecular complexity index is 659. The lowest BCUT2D eigenvalue weighted by Gasteiger charge is -2.17. The van der Waals surface area contributed by atoms with E-state index in [4.69, 9.17) is 17.1 Å². The third kappa shape index (κ3) is 3.15. The van der Waals surface area contributed by atoms with Gasteiger partial charge in [0, 0.05) is 16.8 Å². The molecule has 8 heteroatoms. The predicted octanol–water partition coefficient (Wildman–Crippen LogP) is 2.38. The monoisotopic (exact) mass is 293 g/mol. The number of benzene rings is 1. The molecular weight excluding hydrogens is 282 g/mol. The number of hydrogen-bond donors (Lipinski definition) is 2. The lowest BCUT2D eigenvalue weighted by atomic mass is 10.0. The summed E-state index contributed by atoms with van der Waals surface area (Å²) in [4.78, 5) is 10.5. The molecule has 2 unspecified atom stereocenters. The largest absolute Gasteiger partial charge is 0.390 e. The van der Waals surface area contributed by atoms with E-state index in [0.29, 0.717) is 16.5 Å². The Morgan fingerprint density at radius 3 is 2.90 bits per heavy atom. The third-order valence-electron chi connectivity index (χ3n) is 2.90. The van der Waals surface area contributed by atoms with Gasteiger partial charge in [-0.2, -0.15) is 0 Å². The molecule has 0 saturated heterocycles. The van der Waals surface area contributed by atoms with E-state index < -0.39 is 12.2 Å². The van der Waals surface area contributed by atoms with Crippen LogP contribution in [0.3, 0.4) is 0 Å². The Morgan fingerprint density at radius 1 is 1.35 bits per heavy atom. The van der Waals surface area contributed by atoms with Crippen molar-refractivity contribution in [1.29, 1.82) is 0 Å². The maximum absolute atomic E-state index is 10.1. The lowest BCUT2D eigenvalue weighted by Crippen LogP contribution is -2.19. The van der Waals surface area contributed by atoms with Crippen LogP contribution in [0.15, 0.2) is 29.6 Å². The smallest absolute Gasteiger partial charge is 0.140 e. The summed E-state index contributed by atoms with van der Waals surface area (Å²) in [7, 11) is 0. The van der Waals surface area contributed by atoms with Crippen LogP contribution < -0.4 is 0 Å². The molecule has 0 aliphatic rings. The minimum atomic E-state index is -1.09. The zero-order valence-electron chi connectivity index (χ0n) is 10.4. The maximum atomic E-state index is 10.1. The molecule has 1 aromatic heterocycles. The molecule has 2 aromatic rings. The van der Waals surface area contributed by atoms with Gasteiger partial charge in [0.25, 0.3) is 0 Å². The number of aromatic nitrogens is 2. The molecule has 7 nitrogen and oxygen atoms in total. The Morgan fingerprint density at radius 2 is 2.15 bits per heavy atom. The lowest BCUT2D eigenvalue weighted by molar-refractivity contribution is 0.0151. The first-order chi connectivity index (χ1) is 9.63. The SMILES string of the molecule is [N-]=[N+]=NCCC(O)C(O)c1ccc2ncnc(Cl)c2c1. The van der Waals surface area contributed by atoms with Gasteiger partial charge in [-0.25, -0.2) is 9.97 Å². The molecule has 0 fully saturated rings. The summed E-state index contributed by atoms with van der Waals surface area (Å²) < 4.78 is 0. The minimum absolute atomic E-state index is 0.117. The van der Waals surface area contributed by atoms with Crippen LogP contribution in [0.2, 0.25) is 5.15 Å². The van der Waals surface area contributed by atoms with E-state index in [9.17, 15) is 10.2 Å². The summed E-state index contributed by atoms with van der Waals surface area (Å²) in [5.41, 5.74) is 9.33. The van der Waals surface area contributed by atoms with Crippen molar-refractivity contribution in [3.8, 4) is 0 Å². The van der Waals surface area contributed by atoms with Crippen molar-refractivity contribution in [3.63, 3.8) is 0 Å². The highest BCUT2D eigenvalue weighted by Gasteiger charge is 2.18. The first-order valence-corrected chi connectivity index (χ1v) is 6.28. The van der Waals surface area contributed by atoms with Gasteiger partial charge < -0.3 is 10.2 Å². The topological polar surface area (TPSA) is 115 Å². The van der Waals surface area contributed by atoms with Crippen molar-refractivity contribution < 1.29 is 10.2 Å². The normalized spacial score (nSPS) is 13.8. The molecule has 0 bridgehead atoms. The molecule has 0 radical (unpaired) electrons. The summed E-state index contributed by atoms with van der Waals surface area (Å²) in [6, 6.07) is 4.99. The number of hydrogen-bond acceptors (Lipinski definition) is 5. The highest BCUT2D eigenvalue weighted by Crippen LogP contribution is 2.25. The van der Waals surface area contributed by atoms with Crippen molar-refractivity contribution in [2.45, 2.75) is 18.6 Å². The van der Waals surface area contributed by atoms with Gasteiger partial charge in [-0.1, -0.05) is 22.8 Å². The number of fused-ring (bicyclic) bond motifs is 1. The van der Waals surface area contributed by atoms with Gasteiger partial charge in [0.2, 0.25) is 0 Å². The second-order valence-electron chi connectivity index (χ2n) is 4.20. The molecule has 104 valence electrons. The van der Waals surface area contributed by atoms with Crippen molar-refractivity contribution in [2.24, 2.45) is 5.11 Å². The fraction of sp³-hybridized carbons (Fsp3) is 0.333. The van der Waals surface area contributed by atoms with Crippen LogP contribution in [-0.4, -0.2) is 32.8 Å². The van der Waals surface area contributed by atoms with E-state index in [0.717, 1.165) is 0 Å². The van der Waals surface area contributed by atoms with Crippen LogP contribution in [0.1, 0.15) is 18.1 Å². The van der Waals surface area contributed by atoms with Crippen LogP contribution >= 0.6 is 11.6 Å². The number of halogens is 1. The van der Waals surface area contributed by atoms with E-state index in [1.165, 1.54) is 6.33 Å². The molecule has 1 heterocycles. The Hall–Kier alpha value is -1.92. The zero-order chi connectivity index (χ0) is 14.5. The molecule has 0 saturated carbocycles. The van der Waals surface area contributed by atoms with Crippen molar-refractivity contribution in [3.05, 3.63) is 45.7 Å². The molecule has 1 aromatic carbocycles. The fourth-order valence-corrected chi connectivity index (χ4v) is 2.04. The molecule has 20 heavy (non-hydrogen) atoms.